The molecule has 2 N–H and O–H groups in total. The number of esters is 1. The second-order valence-corrected chi connectivity index (χ2v) is 12.9. The lowest BCUT2D eigenvalue weighted by Crippen LogP contribution is -2.34. The number of hydrogen-bond donors (Lipinski definition) is 2. The molecule has 0 bridgehead atoms. The monoisotopic (exact) mass is 564 g/mol. The molecule has 0 saturated heterocycles. The van der Waals surface area contributed by atoms with Crippen LogP contribution >= 0.6 is 10.8 Å². The minimum absolute atomic E-state index is 0.167. The van der Waals surface area contributed by atoms with Crippen LogP contribution in [0.25, 0.3) is 0 Å². The zero-order chi connectivity index (χ0) is 28.4. The highest BCUT2D eigenvalue weighted by Gasteiger charge is 2.35. The van der Waals surface area contributed by atoms with Crippen LogP contribution in [0.3, 0.4) is 0 Å². The fraction of sp³-hybridized carbons (Fsp3) is 0.406. The Hall–Kier alpha value is -2.88. The smallest absolute Gasteiger partial charge is 0.306 e. The van der Waals surface area contributed by atoms with Crippen LogP contribution in [-0.2, 0) is 29.2 Å². The van der Waals surface area contributed by atoms with Crippen LogP contribution in [0.4, 0.5) is 0 Å². The number of hydrogen-bond acceptors (Lipinski definition) is 7. The zero-order valence-corrected chi connectivity index (χ0v) is 24.6. The summed E-state index contributed by atoms with van der Waals surface area (Å²) in [5.74, 6) is 0.124. The van der Waals surface area contributed by atoms with Gasteiger partial charge in [0.1, 0.15) is 16.7 Å². The van der Waals surface area contributed by atoms with Crippen LogP contribution in [0, 0.1) is 6.92 Å². The summed E-state index contributed by atoms with van der Waals surface area (Å²) in [7, 11) is -1.16. The molecule has 0 saturated carbocycles. The third kappa shape index (κ3) is 5.92. The van der Waals surface area contributed by atoms with Gasteiger partial charge in [-0.3, -0.25) is 18.8 Å². The van der Waals surface area contributed by atoms with Gasteiger partial charge in [0.15, 0.2) is 0 Å². The van der Waals surface area contributed by atoms with Crippen LogP contribution in [-0.4, -0.2) is 50.6 Å². The molecule has 0 radical (unpaired) electrons. The van der Waals surface area contributed by atoms with E-state index in [-0.39, 0.29) is 24.4 Å². The normalized spacial score (nSPS) is 20.1. The van der Waals surface area contributed by atoms with Crippen molar-refractivity contribution in [2.45, 2.75) is 70.2 Å². The van der Waals surface area contributed by atoms with Crippen molar-refractivity contribution >= 4 is 16.7 Å². The quantitative estimate of drug-likeness (QED) is 0.294. The summed E-state index contributed by atoms with van der Waals surface area (Å²) in [6.45, 7) is 8.81. The minimum Gasteiger partial charge on any atom is -0.487 e. The molecule has 2 atom stereocenters. The molecule has 40 heavy (non-hydrogen) atoms. The van der Waals surface area contributed by atoms with Gasteiger partial charge in [0.2, 0.25) is 0 Å². The number of para-hydroxylation sites is 1. The van der Waals surface area contributed by atoms with Crippen molar-refractivity contribution in [2.24, 2.45) is 0 Å². The lowest BCUT2D eigenvalue weighted by Gasteiger charge is -2.42. The van der Waals surface area contributed by atoms with Gasteiger partial charge in [-0.15, -0.1) is 10.8 Å². The number of rotatable bonds is 8. The first-order chi connectivity index (χ1) is 19.2. The molecule has 0 fully saturated rings. The molecule has 2 aliphatic rings. The van der Waals surface area contributed by atoms with Gasteiger partial charge >= 0.3 is 5.97 Å². The van der Waals surface area contributed by atoms with E-state index in [1.807, 2.05) is 26.8 Å². The van der Waals surface area contributed by atoms with E-state index in [1.54, 1.807) is 22.5 Å². The number of aryl methyl sites for hydroxylation is 1. The molecule has 3 aromatic carbocycles. The van der Waals surface area contributed by atoms with Crippen molar-refractivity contribution in [3.05, 3.63) is 94.0 Å². The Morgan fingerprint density at radius 2 is 1.77 bits per heavy atom. The highest BCUT2D eigenvalue weighted by Crippen LogP contribution is 2.57. The van der Waals surface area contributed by atoms with Gasteiger partial charge in [-0.2, -0.15) is 4.31 Å². The van der Waals surface area contributed by atoms with E-state index in [0.29, 0.717) is 30.3 Å². The van der Waals surface area contributed by atoms with E-state index in [4.69, 9.17) is 9.47 Å². The molecule has 2 aliphatic heterocycles. The van der Waals surface area contributed by atoms with E-state index >= 15 is 0 Å². The van der Waals surface area contributed by atoms with Gasteiger partial charge in [0.05, 0.1) is 19.6 Å². The van der Waals surface area contributed by atoms with E-state index in [1.165, 1.54) is 11.1 Å². The average molecular weight is 565 g/mol. The van der Waals surface area contributed by atoms with Crippen LogP contribution in [0.1, 0.15) is 66.0 Å². The van der Waals surface area contributed by atoms with Crippen molar-refractivity contribution in [2.75, 3.05) is 20.2 Å². The number of fused-ring (bicyclic) bond motifs is 2. The first-order valence-corrected chi connectivity index (χ1v) is 15.5. The Labute approximate surface area is 239 Å². The van der Waals surface area contributed by atoms with Gasteiger partial charge in [0, 0.05) is 25.6 Å². The number of benzene rings is 3. The van der Waals surface area contributed by atoms with E-state index in [2.05, 4.69) is 48.3 Å². The molecule has 2 heterocycles. The molecule has 5 rings (SSSR count). The summed E-state index contributed by atoms with van der Waals surface area (Å²) in [4.78, 5) is 15.4. The summed E-state index contributed by atoms with van der Waals surface area (Å²) in [5.41, 5.74) is 6.76. The maximum absolute atomic E-state index is 12.7. The number of carbonyl (C=O) groups is 1. The molecule has 1 unspecified atom stereocenters. The van der Waals surface area contributed by atoms with Gasteiger partial charge in [-0.05, 0) is 72.8 Å². The lowest BCUT2D eigenvalue weighted by molar-refractivity contribution is -0.143. The Balaban J connectivity index is 1.50. The number of ether oxygens (including phenoxy) is 2. The molecule has 0 aromatic heterocycles. The van der Waals surface area contributed by atoms with E-state index < -0.39 is 10.8 Å². The summed E-state index contributed by atoms with van der Waals surface area (Å²) in [6.07, 6.45) is 0.816. The van der Waals surface area contributed by atoms with Crippen LogP contribution in [0.15, 0.2) is 65.6 Å². The fourth-order valence-electron chi connectivity index (χ4n) is 5.71. The minimum atomic E-state index is -3.27. The molecule has 0 amide bonds. The standard InChI is InChI=1S/C32H40N2O5S/c1-5-28-21-34(40(36,37)31-10-8-7-9-30(31)39-28)20-26-15-23(12-11-22(26)3)29(17-32(35)38-6-2)24-13-14-25-18-33(4)19-27(25)16-24/h7-16,28-29,36-37H,5-6,17-21H2,1-4H3/t28-,29?/m1/s1. The van der Waals surface area contributed by atoms with Crippen molar-refractivity contribution in [1.82, 2.24) is 9.21 Å². The zero-order valence-electron chi connectivity index (χ0n) is 23.8. The van der Waals surface area contributed by atoms with Crippen molar-refractivity contribution in [3.8, 4) is 5.75 Å². The van der Waals surface area contributed by atoms with Crippen molar-refractivity contribution < 1.29 is 23.4 Å². The average Bonchev–Trinajstić information content (AvgIpc) is 3.26. The largest absolute Gasteiger partial charge is 0.487 e. The number of nitrogens with zero attached hydrogens (tertiary/aromatic N) is 2. The molecular formula is C32H40N2O5S. The van der Waals surface area contributed by atoms with Crippen molar-refractivity contribution in [1.29, 1.82) is 0 Å². The predicted octanol–water partition coefficient (Wildman–Crippen LogP) is 6.72. The van der Waals surface area contributed by atoms with E-state index in [9.17, 15) is 13.9 Å². The Kier molecular flexibility index (Phi) is 8.54. The third-order valence-electron chi connectivity index (χ3n) is 7.97. The number of carbonyl (C=O) groups excluding carboxylic acids is 1. The first kappa shape index (κ1) is 28.6. The van der Waals surface area contributed by atoms with E-state index in [0.717, 1.165) is 41.8 Å². The van der Waals surface area contributed by atoms with Crippen LogP contribution < -0.4 is 4.74 Å². The molecular weight excluding hydrogens is 524 g/mol. The van der Waals surface area contributed by atoms with Gasteiger partial charge in [0.25, 0.3) is 0 Å². The van der Waals surface area contributed by atoms with Crippen LogP contribution in [0.5, 0.6) is 5.75 Å². The fourth-order valence-corrected chi connectivity index (χ4v) is 7.33. The highest BCUT2D eigenvalue weighted by atomic mass is 32.3. The summed E-state index contributed by atoms with van der Waals surface area (Å²) >= 11 is 0. The first-order valence-electron chi connectivity index (χ1n) is 14.0. The topological polar surface area (TPSA) is 82.5 Å². The Morgan fingerprint density at radius 1 is 1.05 bits per heavy atom. The van der Waals surface area contributed by atoms with Crippen molar-refractivity contribution in [3.63, 3.8) is 0 Å². The Bertz CT molecular complexity index is 1380. The highest BCUT2D eigenvalue weighted by molar-refractivity contribution is 8.22. The molecule has 0 spiro atoms. The second-order valence-electron chi connectivity index (χ2n) is 10.9. The third-order valence-corrected chi connectivity index (χ3v) is 9.90. The summed E-state index contributed by atoms with van der Waals surface area (Å²) < 4.78 is 36.3. The Morgan fingerprint density at radius 3 is 2.55 bits per heavy atom. The second kappa shape index (κ2) is 11.9. The predicted molar refractivity (Wildman–Crippen MR) is 159 cm³/mol. The molecule has 8 heteroatoms. The van der Waals surface area contributed by atoms with Crippen LogP contribution in [0.2, 0.25) is 0 Å². The molecule has 7 nitrogen and oxygen atoms in total. The van der Waals surface area contributed by atoms with Gasteiger partial charge in [-0.25, -0.2) is 0 Å². The van der Waals surface area contributed by atoms with Gasteiger partial charge in [-0.1, -0.05) is 55.5 Å². The molecule has 3 aromatic rings. The SMILES string of the molecule is CCOC(=O)CC(c1ccc(C)c(CN2C[C@@H](CC)Oc3ccccc3S2(O)O)c1)c1ccc2c(c1)CN(C)C2. The molecule has 0 aliphatic carbocycles. The summed E-state index contributed by atoms with van der Waals surface area (Å²) in [6, 6.07) is 20.0. The maximum Gasteiger partial charge on any atom is 0.306 e. The molecule has 214 valence electrons. The maximum atomic E-state index is 12.7. The summed E-state index contributed by atoms with van der Waals surface area (Å²) in [5, 5.41) is 0. The van der Waals surface area contributed by atoms with Gasteiger partial charge < -0.3 is 9.47 Å². The lowest BCUT2D eigenvalue weighted by atomic mass is 9.85.